The summed E-state index contributed by atoms with van der Waals surface area (Å²) in [5, 5.41) is 8.20. The van der Waals surface area contributed by atoms with Crippen LogP contribution in [0.2, 0.25) is 0 Å². The predicted octanol–water partition coefficient (Wildman–Crippen LogP) is 3.43. The summed E-state index contributed by atoms with van der Waals surface area (Å²) in [6, 6.07) is 0. The molecule has 1 rings (SSSR count). The van der Waals surface area contributed by atoms with E-state index in [1.165, 1.54) is 17.7 Å². The molecule has 18 heavy (non-hydrogen) atoms. The lowest BCUT2D eigenvalue weighted by Gasteiger charge is -2.20. The number of nitrogens with zero attached hydrogens (tertiary/aromatic N) is 2. The van der Waals surface area contributed by atoms with E-state index < -0.39 is 0 Å². The van der Waals surface area contributed by atoms with Crippen LogP contribution in [0.5, 0.6) is 0 Å². The molecule has 104 valence electrons. The topological polar surface area (TPSA) is 29.9 Å². The molecular formula is C15H29N3. The molecule has 0 saturated heterocycles. The highest BCUT2D eigenvalue weighted by Gasteiger charge is 2.15. The van der Waals surface area contributed by atoms with Crippen LogP contribution in [0, 0.1) is 19.8 Å². The second-order valence-corrected chi connectivity index (χ2v) is 6.66. The van der Waals surface area contributed by atoms with Crippen molar-refractivity contribution < 1.29 is 0 Å². The fraction of sp³-hybridized carbons (Fsp3) is 0.800. The Morgan fingerprint density at radius 1 is 1.22 bits per heavy atom. The van der Waals surface area contributed by atoms with Crippen LogP contribution in [-0.4, -0.2) is 15.3 Å². The molecule has 3 heteroatoms. The third kappa shape index (κ3) is 4.45. The first kappa shape index (κ1) is 15.2. The maximum atomic E-state index is 4.66. The quantitative estimate of drug-likeness (QED) is 0.869. The van der Waals surface area contributed by atoms with Gasteiger partial charge in [0.25, 0.3) is 0 Å². The first-order valence-electron chi connectivity index (χ1n) is 6.98. The summed E-state index contributed by atoms with van der Waals surface area (Å²) >= 11 is 0. The van der Waals surface area contributed by atoms with E-state index in [-0.39, 0.29) is 5.54 Å². The molecule has 0 radical (unpaired) electrons. The Balaban J connectivity index is 2.74. The monoisotopic (exact) mass is 251 g/mol. The molecule has 3 nitrogen and oxygen atoms in total. The normalized spacial score (nSPS) is 12.4. The summed E-state index contributed by atoms with van der Waals surface area (Å²) in [5.41, 5.74) is 3.98. The summed E-state index contributed by atoms with van der Waals surface area (Å²) in [5.74, 6) is 0.727. The molecular weight excluding hydrogens is 222 g/mol. The molecule has 0 unspecified atom stereocenters. The lowest BCUT2D eigenvalue weighted by Crippen LogP contribution is -2.35. The van der Waals surface area contributed by atoms with Crippen LogP contribution in [0.25, 0.3) is 0 Å². The Morgan fingerprint density at radius 2 is 1.83 bits per heavy atom. The van der Waals surface area contributed by atoms with Gasteiger partial charge in [-0.2, -0.15) is 5.10 Å². The van der Waals surface area contributed by atoms with Gasteiger partial charge in [-0.3, -0.25) is 4.68 Å². The highest BCUT2D eigenvalue weighted by atomic mass is 15.3. The van der Waals surface area contributed by atoms with Gasteiger partial charge in [0.05, 0.1) is 5.69 Å². The first-order chi connectivity index (χ1) is 8.20. The number of hydrogen-bond donors (Lipinski definition) is 1. The lowest BCUT2D eigenvalue weighted by atomic mass is 10.1. The molecule has 0 amide bonds. The minimum Gasteiger partial charge on any atom is -0.308 e. The fourth-order valence-corrected chi connectivity index (χ4v) is 1.94. The fourth-order valence-electron chi connectivity index (χ4n) is 1.94. The summed E-state index contributed by atoms with van der Waals surface area (Å²) in [7, 11) is 0. The average molecular weight is 251 g/mol. The second kappa shape index (κ2) is 5.87. The van der Waals surface area contributed by atoms with Crippen LogP contribution >= 0.6 is 0 Å². The van der Waals surface area contributed by atoms with Crippen molar-refractivity contribution in [3.05, 3.63) is 17.0 Å². The van der Waals surface area contributed by atoms with Crippen molar-refractivity contribution >= 4 is 0 Å². The molecule has 0 fully saturated rings. The lowest BCUT2D eigenvalue weighted by molar-refractivity contribution is 0.422. The zero-order valence-corrected chi connectivity index (χ0v) is 13.1. The average Bonchev–Trinajstić information content (AvgIpc) is 2.47. The maximum Gasteiger partial charge on any atom is 0.0641 e. The Kier molecular flexibility index (Phi) is 4.97. The van der Waals surface area contributed by atoms with Gasteiger partial charge in [-0.1, -0.05) is 13.8 Å². The summed E-state index contributed by atoms with van der Waals surface area (Å²) in [6.45, 7) is 17.3. The molecule has 1 aromatic heterocycles. The zero-order chi connectivity index (χ0) is 13.9. The molecule has 0 aliphatic heterocycles. The van der Waals surface area contributed by atoms with E-state index in [4.69, 9.17) is 0 Å². The number of hydrogen-bond acceptors (Lipinski definition) is 2. The van der Waals surface area contributed by atoms with Crippen LogP contribution in [0.4, 0.5) is 0 Å². The highest BCUT2D eigenvalue weighted by Crippen LogP contribution is 2.15. The molecule has 0 aliphatic carbocycles. The maximum absolute atomic E-state index is 4.66. The van der Waals surface area contributed by atoms with Gasteiger partial charge in [0.2, 0.25) is 0 Å². The predicted molar refractivity (Wildman–Crippen MR) is 77.7 cm³/mol. The largest absolute Gasteiger partial charge is 0.308 e. The molecule has 0 atom stereocenters. The van der Waals surface area contributed by atoms with Gasteiger partial charge < -0.3 is 5.32 Å². The summed E-state index contributed by atoms with van der Waals surface area (Å²) in [6.07, 6.45) is 1.19. The summed E-state index contributed by atoms with van der Waals surface area (Å²) in [4.78, 5) is 0. The third-order valence-electron chi connectivity index (χ3n) is 3.25. The second-order valence-electron chi connectivity index (χ2n) is 6.66. The molecule has 0 saturated carbocycles. The molecule has 1 aromatic rings. The minimum absolute atomic E-state index is 0.152. The van der Waals surface area contributed by atoms with Crippen molar-refractivity contribution in [1.82, 2.24) is 15.1 Å². The number of aromatic nitrogens is 2. The molecule has 0 spiro atoms. The molecule has 0 bridgehead atoms. The van der Waals surface area contributed by atoms with Gasteiger partial charge in [-0.25, -0.2) is 0 Å². The van der Waals surface area contributed by atoms with E-state index in [2.05, 4.69) is 63.6 Å². The first-order valence-corrected chi connectivity index (χ1v) is 6.98. The van der Waals surface area contributed by atoms with E-state index in [0.29, 0.717) is 0 Å². The molecule has 1 N–H and O–H groups in total. The zero-order valence-electron chi connectivity index (χ0n) is 13.1. The van der Waals surface area contributed by atoms with Gasteiger partial charge in [0.1, 0.15) is 0 Å². The van der Waals surface area contributed by atoms with Crippen molar-refractivity contribution in [2.75, 3.05) is 0 Å². The van der Waals surface area contributed by atoms with Crippen molar-refractivity contribution in [2.45, 2.75) is 73.5 Å². The number of nitrogens with one attached hydrogen (secondary N) is 1. The van der Waals surface area contributed by atoms with Gasteiger partial charge in [-0.05, 0) is 47.0 Å². The van der Waals surface area contributed by atoms with Crippen molar-refractivity contribution in [2.24, 2.45) is 5.92 Å². The van der Waals surface area contributed by atoms with Crippen LogP contribution < -0.4 is 5.32 Å². The van der Waals surface area contributed by atoms with Gasteiger partial charge in [-0.15, -0.1) is 0 Å². The Morgan fingerprint density at radius 3 is 2.33 bits per heavy atom. The number of aryl methyl sites for hydroxylation is 2. The number of rotatable bonds is 5. The van der Waals surface area contributed by atoms with E-state index in [0.717, 1.165) is 24.7 Å². The van der Waals surface area contributed by atoms with Gasteiger partial charge in [0.15, 0.2) is 0 Å². The molecule has 1 heterocycles. The SMILES string of the molecule is Cc1nn(CCC(C)C)c(C)c1CNC(C)(C)C. The van der Waals surface area contributed by atoms with Crippen molar-refractivity contribution in [3.63, 3.8) is 0 Å². The van der Waals surface area contributed by atoms with Crippen LogP contribution in [-0.2, 0) is 13.1 Å². The summed E-state index contributed by atoms with van der Waals surface area (Å²) < 4.78 is 2.16. The van der Waals surface area contributed by atoms with Crippen LogP contribution in [0.1, 0.15) is 58.0 Å². The van der Waals surface area contributed by atoms with Crippen molar-refractivity contribution in [3.8, 4) is 0 Å². The van der Waals surface area contributed by atoms with Crippen LogP contribution in [0.3, 0.4) is 0 Å². The van der Waals surface area contributed by atoms with Gasteiger partial charge in [0, 0.05) is 29.9 Å². The van der Waals surface area contributed by atoms with E-state index in [1.54, 1.807) is 0 Å². The third-order valence-corrected chi connectivity index (χ3v) is 3.25. The Hall–Kier alpha value is -0.830. The van der Waals surface area contributed by atoms with E-state index >= 15 is 0 Å². The van der Waals surface area contributed by atoms with Crippen molar-refractivity contribution in [1.29, 1.82) is 0 Å². The minimum atomic E-state index is 0.152. The smallest absolute Gasteiger partial charge is 0.0641 e. The standard InChI is InChI=1S/C15H29N3/c1-11(2)8-9-18-13(4)14(12(3)17-18)10-16-15(5,6)7/h11,16H,8-10H2,1-7H3. The Labute approximate surface area is 112 Å². The van der Waals surface area contributed by atoms with E-state index in [1.807, 2.05) is 0 Å². The van der Waals surface area contributed by atoms with Crippen LogP contribution in [0.15, 0.2) is 0 Å². The Bertz CT molecular complexity index is 383. The molecule has 0 aliphatic rings. The van der Waals surface area contributed by atoms with E-state index in [9.17, 15) is 0 Å². The van der Waals surface area contributed by atoms with Gasteiger partial charge >= 0.3 is 0 Å². The highest BCUT2D eigenvalue weighted by molar-refractivity contribution is 5.24. The molecule has 0 aromatic carbocycles.